The molecule has 1 unspecified atom stereocenters. The lowest BCUT2D eigenvalue weighted by Gasteiger charge is -2.20. The maximum Gasteiger partial charge on any atom is 0.319 e. The number of nitrogens with one attached hydrogen (secondary N) is 2. The normalized spacial score (nSPS) is 12.2. The average molecular weight is 422 g/mol. The van der Waals surface area contributed by atoms with Crippen molar-refractivity contribution in [3.8, 4) is 5.69 Å². The molecule has 5 N–H and O–H groups in total. The van der Waals surface area contributed by atoms with Crippen LogP contribution < -0.4 is 16.4 Å². The van der Waals surface area contributed by atoms with E-state index in [1.54, 1.807) is 47.6 Å². The Hall–Kier alpha value is -3.88. The van der Waals surface area contributed by atoms with Crippen molar-refractivity contribution in [3.05, 3.63) is 66.4 Å². The molecule has 31 heavy (non-hydrogen) atoms. The summed E-state index contributed by atoms with van der Waals surface area (Å²) < 4.78 is 1.74. The zero-order valence-electron chi connectivity index (χ0n) is 17.7. The largest absolute Gasteiger partial charge is 0.481 e. The Balaban J connectivity index is 1.72. The minimum absolute atomic E-state index is 0.255. The number of benzene rings is 1. The standard InChI is InChI=1S/C22H26N6O3/c1-22(2,3)27-21(31)26-15-5-7-16(8-6-15)28-12-18(25-13-28)17(20(29)30)10-14-4-9-19(23)24-11-14/h4-9,11-13,17H,10H2,1-3H3,(H2,23,24)(H,29,30)(H2,26,27,31). The first kappa shape index (κ1) is 21.8. The Morgan fingerprint density at radius 1 is 1.13 bits per heavy atom. The minimum atomic E-state index is -0.966. The highest BCUT2D eigenvalue weighted by molar-refractivity contribution is 5.89. The van der Waals surface area contributed by atoms with E-state index in [1.807, 2.05) is 32.9 Å². The number of carbonyl (C=O) groups excluding carboxylic acids is 1. The van der Waals surface area contributed by atoms with Crippen molar-refractivity contribution < 1.29 is 14.7 Å². The van der Waals surface area contributed by atoms with Crippen molar-refractivity contribution in [2.75, 3.05) is 11.1 Å². The molecular formula is C22H26N6O3. The predicted molar refractivity (Wildman–Crippen MR) is 118 cm³/mol. The lowest BCUT2D eigenvalue weighted by Crippen LogP contribution is -2.43. The molecule has 2 heterocycles. The van der Waals surface area contributed by atoms with Crippen molar-refractivity contribution in [2.24, 2.45) is 0 Å². The summed E-state index contributed by atoms with van der Waals surface area (Å²) in [5.74, 6) is -1.39. The van der Waals surface area contributed by atoms with Crippen LogP contribution in [0.2, 0.25) is 0 Å². The van der Waals surface area contributed by atoms with Crippen molar-refractivity contribution in [1.29, 1.82) is 0 Å². The summed E-state index contributed by atoms with van der Waals surface area (Å²) in [4.78, 5) is 32.1. The lowest BCUT2D eigenvalue weighted by molar-refractivity contribution is -0.138. The van der Waals surface area contributed by atoms with Gasteiger partial charge in [-0.2, -0.15) is 0 Å². The second-order valence-electron chi connectivity index (χ2n) is 8.27. The van der Waals surface area contributed by atoms with Gasteiger partial charge in [-0.05, 0) is 63.1 Å². The minimum Gasteiger partial charge on any atom is -0.481 e. The summed E-state index contributed by atoms with van der Waals surface area (Å²) in [6, 6.07) is 10.3. The van der Waals surface area contributed by atoms with Crippen molar-refractivity contribution in [3.63, 3.8) is 0 Å². The van der Waals surface area contributed by atoms with Crippen LogP contribution in [-0.2, 0) is 11.2 Å². The Morgan fingerprint density at radius 3 is 2.42 bits per heavy atom. The third kappa shape index (κ3) is 6.05. The number of pyridine rings is 1. The number of nitrogen functional groups attached to an aromatic ring is 1. The molecule has 1 atom stereocenters. The SMILES string of the molecule is CC(C)(C)NC(=O)Nc1ccc(-n2cnc(C(Cc3ccc(N)nc3)C(=O)O)c2)cc1. The van der Waals surface area contributed by atoms with E-state index in [-0.39, 0.29) is 18.0 Å². The number of carboxylic acids is 1. The molecule has 0 fully saturated rings. The summed E-state index contributed by atoms with van der Waals surface area (Å²) in [5.41, 5.74) is 7.90. The van der Waals surface area contributed by atoms with Crippen LogP contribution in [0, 0.1) is 0 Å². The van der Waals surface area contributed by atoms with Gasteiger partial charge in [-0.1, -0.05) is 6.07 Å². The fourth-order valence-corrected chi connectivity index (χ4v) is 2.99. The topological polar surface area (TPSA) is 135 Å². The average Bonchev–Trinajstić information content (AvgIpc) is 3.16. The van der Waals surface area contributed by atoms with Gasteiger partial charge in [-0.15, -0.1) is 0 Å². The molecule has 162 valence electrons. The molecule has 0 bridgehead atoms. The maximum atomic E-state index is 12.0. The number of aliphatic carboxylic acids is 1. The number of amides is 2. The van der Waals surface area contributed by atoms with Gasteiger partial charge >= 0.3 is 12.0 Å². The van der Waals surface area contributed by atoms with Crippen molar-refractivity contribution in [2.45, 2.75) is 38.6 Å². The summed E-state index contributed by atoms with van der Waals surface area (Å²) in [6.45, 7) is 5.71. The summed E-state index contributed by atoms with van der Waals surface area (Å²) in [7, 11) is 0. The highest BCUT2D eigenvalue weighted by Crippen LogP contribution is 2.22. The summed E-state index contributed by atoms with van der Waals surface area (Å²) in [6.07, 6.45) is 5.09. The Kier molecular flexibility index (Phi) is 6.24. The number of rotatable bonds is 6. The van der Waals surface area contributed by atoms with Crippen LogP contribution in [0.5, 0.6) is 0 Å². The first-order valence-corrected chi connectivity index (χ1v) is 9.77. The van der Waals surface area contributed by atoms with Crippen molar-refractivity contribution >= 4 is 23.5 Å². The first-order valence-electron chi connectivity index (χ1n) is 9.77. The molecule has 0 saturated heterocycles. The fourth-order valence-electron chi connectivity index (χ4n) is 2.99. The van der Waals surface area contributed by atoms with E-state index in [1.165, 1.54) is 0 Å². The van der Waals surface area contributed by atoms with E-state index in [0.717, 1.165) is 11.3 Å². The number of nitrogens with two attached hydrogens (primary N) is 1. The number of aromatic nitrogens is 3. The van der Waals surface area contributed by atoms with Crippen molar-refractivity contribution in [1.82, 2.24) is 19.9 Å². The quantitative estimate of drug-likeness (QED) is 0.482. The van der Waals surface area contributed by atoms with Gasteiger partial charge in [0.1, 0.15) is 11.7 Å². The second kappa shape index (κ2) is 8.86. The first-order chi connectivity index (χ1) is 14.6. The summed E-state index contributed by atoms with van der Waals surface area (Å²) >= 11 is 0. The van der Waals surface area contributed by atoms with Gasteiger partial charge in [0.25, 0.3) is 0 Å². The fraction of sp³-hybridized carbons (Fsp3) is 0.273. The summed E-state index contributed by atoms with van der Waals surface area (Å²) in [5, 5.41) is 15.3. The third-order valence-corrected chi connectivity index (χ3v) is 4.46. The maximum absolute atomic E-state index is 12.0. The second-order valence-corrected chi connectivity index (χ2v) is 8.27. The van der Waals surface area contributed by atoms with Gasteiger partial charge in [-0.3, -0.25) is 4.79 Å². The highest BCUT2D eigenvalue weighted by atomic mass is 16.4. The number of hydrogen-bond donors (Lipinski definition) is 4. The zero-order valence-corrected chi connectivity index (χ0v) is 17.7. The third-order valence-electron chi connectivity index (χ3n) is 4.46. The number of urea groups is 1. The van der Waals surface area contributed by atoms with Gasteiger partial charge in [0.05, 0.1) is 12.0 Å². The molecular weight excluding hydrogens is 396 g/mol. The Bertz CT molecular complexity index is 1050. The molecule has 9 nitrogen and oxygen atoms in total. The van der Waals surface area contributed by atoms with Crippen LogP contribution in [0.15, 0.2) is 55.1 Å². The molecule has 0 spiro atoms. The van der Waals surface area contributed by atoms with Gasteiger partial charge in [0.15, 0.2) is 0 Å². The van der Waals surface area contributed by atoms with Gasteiger partial charge < -0.3 is 26.0 Å². The molecule has 0 saturated carbocycles. The molecule has 2 amide bonds. The molecule has 3 rings (SSSR count). The van der Waals surface area contributed by atoms with Crippen LogP contribution in [0.25, 0.3) is 5.69 Å². The molecule has 0 radical (unpaired) electrons. The van der Waals surface area contributed by atoms with Gasteiger partial charge in [-0.25, -0.2) is 14.8 Å². The Labute approximate surface area is 180 Å². The van der Waals surface area contributed by atoms with E-state index in [9.17, 15) is 14.7 Å². The van der Waals surface area contributed by atoms with E-state index < -0.39 is 11.9 Å². The number of imidazole rings is 1. The van der Waals surface area contributed by atoms with E-state index in [2.05, 4.69) is 20.6 Å². The molecule has 0 aliphatic rings. The van der Waals surface area contributed by atoms with Gasteiger partial charge in [0.2, 0.25) is 0 Å². The number of carboxylic acid groups (broad SMARTS) is 1. The number of nitrogens with zero attached hydrogens (tertiary/aromatic N) is 3. The van der Waals surface area contributed by atoms with Crippen LogP contribution in [-0.4, -0.2) is 37.2 Å². The van der Waals surface area contributed by atoms with Crippen LogP contribution in [0.3, 0.4) is 0 Å². The van der Waals surface area contributed by atoms with Crippen LogP contribution >= 0.6 is 0 Å². The smallest absolute Gasteiger partial charge is 0.319 e. The number of carbonyl (C=O) groups is 2. The zero-order chi connectivity index (χ0) is 22.6. The molecule has 0 aliphatic heterocycles. The van der Waals surface area contributed by atoms with Crippen LogP contribution in [0.4, 0.5) is 16.3 Å². The molecule has 3 aromatic rings. The number of anilines is 2. The number of hydrogen-bond acceptors (Lipinski definition) is 5. The van der Waals surface area contributed by atoms with E-state index in [4.69, 9.17) is 5.73 Å². The monoisotopic (exact) mass is 422 g/mol. The van der Waals surface area contributed by atoms with E-state index in [0.29, 0.717) is 17.2 Å². The molecule has 1 aromatic carbocycles. The molecule has 2 aromatic heterocycles. The Morgan fingerprint density at radius 2 is 1.84 bits per heavy atom. The molecule has 9 heteroatoms. The molecule has 0 aliphatic carbocycles. The highest BCUT2D eigenvalue weighted by Gasteiger charge is 2.23. The van der Waals surface area contributed by atoms with Gasteiger partial charge in [0, 0.05) is 29.3 Å². The van der Waals surface area contributed by atoms with Crippen LogP contribution in [0.1, 0.15) is 37.9 Å². The van der Waals surface area contributed by atoms with E-state index >= 15 is 0 Å². The lowest BCUT2D eigenvalue weighted by atomic mass is 9.98. The predicted octanol–water partition coefficient (Wildman–Crippen LogP) is 3.18.